The van der Waals surface area contributed by atoms with Crippen LogP contribution < -0.4 is 5.73 Å². The molecule has 76 valence electrons. The highest BCUT2D eigenvalue weighted by Gasteiger charge is 2.38. The minimum Gasteiger partial charge on any atom is -0.335 e. The average Bonchev–Trinajstić information content (AvgIpc) is 2.46. The maximum atomic E-state index is 11.7. The quantitative estimate of drug-likeness (QED) is 0.661. The van der Waals surface area contributed by atoms with Gasteiger partial charge in [-0.25, -0.2) is 0 Å². The summed E-state index contributed by atoms with van der Waals surface area (Å²) >= 11 is 0. The summed E-state index contributed by atoms with van der Waals surface area (Å²) in [6, 6.07) is 0. The van der Waals surface area contributed by atoms with E-state index in [9.17, 15) is 4.79 Å². The van der Waals surface area contributed by atoms with Crippen molar-refractivity contribution in [3.63, 3.8) is 0 Å². The number of aromatic nitrogens is 2. The van der Waals surface area contributed by atoms with Gasteiger partial charge in [-0.1, -0.05) is 0 Å². The van der Waals surface area contributed by atoms with Gasteiger partial charge in [0.2, 0.25) is 0 Å². The molecule has 0 saturated carbocycles. The summed E-state index contributed by atoms with van der Waals surface area (Å²) in [5.41, 5.74) is 6.24. The predicted octanol–water partition coefficient (Wildman–Crippen LogP) is -0.407. The van der Waals surface area contributed by atoms with Gasteiger partial charge in [0.05, 0.1) is 11.8 Å². The number of rotatable bonds is 1. The number of carbonyl (C=O) groups excluding carboxylic acids is 1. The van der Waals surface area contributed by atoms with Gasteiger partial charge in [0.1, 0.15) is 0 Å². The van der Waals surface area contributed by atoms with Crippen molar-refractivity contribution in [1.82, 2.24) is 14.7 Å². The lowest BCUT2D eigenvalue weighted by Gasteiger charge is -2.45. The van der Waals surface area contributed by atoms with Crippen LogP contribution in [-0.4, -0.2) is 39.2 Å². The summed E-state index contributed by atoms with van der Waals surface area (Å²) < 4.78 is 1.62. The van der Waals surface area contributed by atoms with E-state index in [1.165, 1.54) is 0 Å². The van der Waals surface area contributed by atoms with Crippen LogP contribution in [0.15, 0.2) is 12.4 Å². The number of hydrogen-bond donors (Lipinski definition) is 1. The Labute approximate surface area is 82.5 Å². The number of nitrogens with two attached hydrogens (primary N) is 1. The molecule has 1 aromatic heterocycles. The monoisotopic (exact) mass is 194 g/mol. The van der Waals surface area contributed by atoms with Crippen molar-refractivity contribution in [2.45, 2.75) is 12.5 Å². The maximum Gasteiger partial charge on any atom is 0.257 e. The number of aryl methyl sites for hydroxylation is 1. The Kier molecular flexibility index (Phi) is 1.85. The second kappa shape index (κ2) is 2.81. The first kappa shape index (κ1) is 9.21. The molecule has 1 aromatic rings. The van der Waals surface area contributed by atoms with E-state index < -0.39 is 0 Å². The Bertz CT molecular complexity index is 361. The molecule has 2 N–H and O–H groups in total. The van der Waals surface area contributed by atoms with Gasteiger partial charge in [-0.05, 0) is 6.92 Å². The van der Waals surface area contributed by atoms with Gasteiger partial charge in [-0.3, -0.25) is 9.48 Å². The lowest BCUT2D eigenvalue weighted by Crippen LogP contribution is -2.66. The number of carbonyl (C=O) groups is 1. The highest BCUT2D eigenvalue weighted by molar-refractivity contribution is 5.94. The lowest BCUT2D eigenvalue weighted by molar-refractivity contribution is 0.0453. The van der Waals surface area contributed by atoms with Crippen molar-refractivity contribution in [2.75, 3.05) is 13.1 Å². The molecule has 0 aliphatic carbocycles. The van der Waals surface area contributed by atoms with Crippen LogP contribution in [0.5, 0.6) is 0 Å². The van der Waals surface area contributed by atoms with Crippen LogP contribution in [-0.2, 0) is 7.05 Å². The fraction of sp³-hybridized carbons (Fsp3) is 0.556. The van der Waals surface area contributed by atoms with Crippen LogP contribution in [0.25, 0.3) is 0 Å². The standard InChI is InChI=1S/C9H14N4O/c1-9(10)5-13(6-9)8(14)7-3-11-12(2)4-7/h3-4H,5-6,10H2,1-2H3. The van der Waals surface area contributed by atoms with Gasteiger partial charge in [-0.2, -0.15) is 5.10 Å². The van der Waals surface area contributed by atoms with Crippen molar-refractivity contribution in [3.8, 4) is 0 Å². The van der Waals surface area contributed by atoms with E-state index in [2.05, 4.69) is 5.10 Å². The zero-order valence-corrected chi connectivity index (χ0v) is 8.40. The second-order valence-corrected chi connectivity index (χ2v) is 4.22. The van der Waals surface area contributed by atoms with E-state index in [1.807, 2.05) is 6.92 Å². The van der Waals surface area contributed by atoms with E-state index in [0.717, 1.165) is 0 Å². The Morgan fingerprint density at radius 3 is 2.71 bits per heavy atom. The average molecular weight is 194 g/mol. The number of likely N-dealkylation sites (tertiary alicyclic amines) is 1. The smallest absolute Gasteiger partial charge is 0.257 e. The summed E-state index contributed by atoms with van der Waals surface area (Å²) in [4.78, 5) is 13.5. The van der Waals surface area contributed by atoms with Crippen molar-refractivity contribution in [3.05, 3.63) is 18.0 Å². The molecule has 0 bridgehead atoms. The van der Waals surface area contributed by atoms with E-state index in [-0.39, 0.29) is 11.4 Å². The Hall–Kier alpha value is -1.36. The zero-order valence-electron chi connectivity index (χ0n) is 8.40. The topological polar surface area (TPSA) is 64.2 Å². The van der Waals surface area contributed by atoms with Gasteiger partial charge in [0, 0.05) is 31.9 Å². The molecule has 2 heterocycles. The first-order valence-electron chi connectivity index (χ1n) is 4.55. The molecule has 2 rings (SSSR count). The summed E-state index contributed by atoms with van der Waals surface area (Å²) in [7, 11) is 1.79. The summed E-state index contributed by atoms with van der Waals surface area (Å²) in [5, 5.41) is 3.95. The highest BCUT2D eigenvalue weighted by Crippen LogP contribution is 2.19. The van der Waals surface area contributed by atoms with Crippen LogP contribution in [0.2, 0.25) is 0 Å². The Morgan fingerprint density at radius 1 is 1.64 bits per heavy atom. The van der Waals surface area contributed by atoms with Crippen LogP contribution in [0.1, 0.15) is 17.3 Å². The molecule has 1 amide bonds. The molecule has 0 unspecified atom stereocenters. The first-order chi connectivity index (χ1) is 6.48. The molecule has 0 aromatic carbocycles. The predicted molar refractivity (Wildman–Crippen MR) is 51.7 cm³/mol. The minimum absolute atomic E-state index is 0.0148. The van der Waals surface area contributed by atoms with Crippen molar-refractivity contribution in [2.24, 2.45) is 12.8 Å². The van der Waals surface area contributed by atoms with E-state index in [4.69, 9.17) is 5.73 Å². The van der Waals surface area contributed by atoms with Gasteiger partial charge in [0.25, 0.3) is 5.91 Å². The number of hydrogen-bond acceptors (Lipinski definition) is 3. The molecule has 14 heavy (non-hydrogen) atoms. The van der Waals surface area contributed by atoms with Crippen LogP contribution in [0.4, 0.5) is 0 Å². The molecule has 5 heteroatoms. The zero-order chi connectivity index (χ0) is 10.3. The Morgan fingerprint density at radius 2 is 2.29 bits per heavy atom. The van der Waals surface area contributed by atoms with E-state index in [1.54, 1.807) is 29.0 Å². The summed E-state index contributed by atoms with van der Waals surface area (Å²) in [5.74, 6) is 0.0148. The molecule has 1 aliphatic heterocycles. The maximum absolute atomic E-state index is 11.7. The molecule has 1 aliphatic rings. The fourth-order valence-electron chi connectivity index (χ4n) is 1.68. The fourth-order valence-corrected chi connectivity index (χ4v) is 1.68. The van der Waals surface area contributed by atoms with Crippen molar-refractivity contribution >= 4 is 5.91 Å². The lowest BCUT2D eigenvalue weighted by atomic mass is 9.93. The molecule has 0 atom stereocenters. The molecular formula is C9H14N4O. The van der Waals surface area contributed by atoms with E-state index >= 15 is 0 Å². The van der Waals surface area contributed by atoms with Gasteiger partial charge < -0.3 is 10.6 Å². The van der Waals surface area contributed by atoms with Gasteiger partial charge >= 0.3 is 0 Å². The number of amides is 1. The van der Waals surface area contributed by atoms with Gasteiger partial charge in [-0.15, -0.1) is 0 Å². The normalized spacial score (nSPS) is 19.2. The second-order valence-electron chi connectivity index (χ2n) is 4.22. The highest BCUT2D eigenvalue weighted by atomic mass is 16.2. The third-order valence-corrected chi connectivity index (χ3v) is 2.34. The molecule has 0 spiro atoms. The molecule has 1 saturated heterocycles. The van der Waals surface area contributed by atoms with Crippen LogP contribution in [0, 0.1) is 0 Å². The molecule has 0 radical (unpaired) electrons. The molecule has 5 nitrogen and oxygen atoms in total. The van der Waals surface area contributed by atoms with Crippen LogP contribution >= 0.6 is 0 Å². The summed E-state index contributed by atoms with van der Waals surface area (Å²) in [6.45, 7) is 3.20. The van der Waals surface area contributed by atoms with Crippen molar-refractivity contribution in [1.29, 1.82) is 0 Å². The van der Waals surface area contributed by atoms with Gasteiger partial charge in [0.15, 0.2) is 0 Å². The molecule has 1 fully saturated rings. The van der Waals surface area contributed by atoms with Crippen LogP contribution in [0.3, 0.4) is 0 Å². The Balaban J connectivity index is 2.04. The van der Waals surface area contributed by atoms with Crippen molar-refractivity contribution < 1.29 is 4.79 Å². The third kappa shape index (κ3) is 1.50. The third-order valence-electron chi connectivity index (χ3n) is 2.34. The van der Waals surface area contributed by atoms with E-state index in [0.29, 0.717) is 18.7 Å². The minimum atomic E-state index is -0.210. The molecular weight excluding hydrogens is 180 g/mol. The SMILES string of the molecule is Cn1cc(C(=O)N2CC(C)(N)C2)cn1. The largest absolute Gasteiger partial charge is 0.335 e. The number of nitrogens with zero attached hydrogens (tertiary/aromatic N) is 3. The first-order valence-corrected chi connectivity index (χ1v) is 4.55. The summed E-state index contributed by atoms with van der Waals surface area (Å²) in [6.07, 6.45) is 3.29.